The van der Waals surface area contributed by atoms with Crippen molar-refractivity contribution in [3.05, 3.63) is 98.4 Å². The Morgan fingerprint density at radius 3 is 2.37 bits per heavy atom. The Balaban J connectivity index is 1.58. The van der Waals surface area contributed by atoms with Crippen molar-refractivity contribution in [1.29, 1.82) is 0 Å². The number of hydrogen-bond donors (Lipinski definition) is 0. The van der Waals surface area contributed by atoms with Crippen molar-refractivity contribution >= 4 is 22.6 Å². The lowest BCUT2D eigenvalue weighted by Crippen LogP contribution is -2.05. The molecule has 0 radical (unpaired) electrons. The van der Waals surface area contributed by atoms with Gasteiger partial charge in [-0.3, -0.25) is 4.79 Å². The Labute approximate surface area is 179 Å². The van der Waals surface area contributed by atoms with Crippen molar-refractivity contribution in [2.24, 2.45) is 0 Å². The van der Waals surface area contributed by atoms with Crippen molar-refractivity contribution in [3.63, 3.8) is 0 Å². The van der Waals surface area contributed by atoms with Gasteiger partial charge >= 0.3 is 0 Å². The summed E-state index contributed by atoms with van der Waals surface area (Å²) in [6.07, 6.45) is 1.33. The van der Waals surface area contributed by atoms with E-state index in [0.29, 0.717) is 34.1 Å². The van der Waals surface area contributed by atoms with Crippen LogP contribution >= 0.6 is 11.6 Å². The third kappa shape index (κ3) is 4.05. The lowest BCUT2D eigenvalue weighted by Gasteiger charge is -2.11. The second-order valence-corrected chi connectivity index (χ2v) is 7.65. The molecule has 4 rings (SSSR count). The van der Waals surface area contributed by atoms with Gasteiger partial charge in [0.15, 0.2) is 0 Å². The van der Waals surface area contributed by atoms with Crippen molar-refractivity contribution in [1.82, 2.24) is 0 Å². The number of halogens is 1. The quantitative estimate of drug-likeness (QED) is 0.358. The summed E-state index contributed by atoms with van der Waals surface area (Å²) in [7, 11) is 0. The Morgan fingerprint density at radius 1 is 0.900 bits per heavy atom. The van der Waals surface area contributed by atoms with E-state index in [-0.39, 0.29) is 11.2 Å². The predicted molar refractivity (Wildman–Crippen MR) is 119 cm³/mol. The second kappa shape index (κ2) is 8.25. The van der Waals surface area contributed by atoms with Crippen LogP contribution in [0.3, 0.4) is 0 Å². The van der Waals surface area contributed by atoms with E-state index in [4.69, 9.17) is 25.5 Å². The molecule has 0 atom stereocenters. The van der Waals surface area contributed by atoms with E-state index in [0.717, 1.165) is 16.7 Å². The van der Waals surface area contributed by atoms with E-state index in [2.05, 4.69) is 0 Å². The van der Waals surface area contributed by atoms with Crippen LogP contribution in [-0.4, -0.2) is 0 Å². The molecule has 0 saturated heterocycles. The van der Waals surface area contributed by atoms with Crippen LogP contribution in [0.25, 0.3) is 11.0 Å². The molecule has 3 aromatic carbocycles. The Hall–Kier alpha value is -3.24. The van der Waals surface area contributed by atoms with Crippen molar-refractivity contribution in [2.75, 3.05) is 0 Å². The first-order chi connectivity index (χ1) is 14.4. The normalized spacial score (nSPS) is 10.9. The molecule has 4 aromatic rings. The molecule has 0 aliphatic carbocycles. The number of hydrogen-bond acceptors (Lipinski definition) is 4. The zero-order chi connectivity index (χ0) is 21.3. The standard InChI is InChI=1S/C25H21ClO4/c1-15-6-4-5-7-18(15)13-28-19-8-9-21-22(12-19)29-14-23(25(21)27)30-20-10-16(2)24(26)17(3)11-20/h4-12,14H,13H2,1-3H3. The molecule has 30 heavy (non-hydrogen) atoms. The Kier molecular flexibility index (Phi) is 5.51. The highest BCUT2D eigenvalue weighted by Gasteiger charge is 2.12. The minimum absolute atomic E-state index is 0.122. The molecule has 0 saturated carbocycles. The summed E-state index contributed by atoms with van der Waals surface area (Å²) < 4.78 is 17.3. The van der Waals surface area contributed by atoms with E-state index in [1.54, 1.807) is 30.3 Å². The SMILES string of the molecule is Cc1ccccc1COc1ccc2c(=O)c(Oc3cc(C)c(Cl)c(C)c3)coc2c1. The van der Waals surface area contributed by atoms with Crippen LogP contribution < -0.4 is 14.9 Å². The van der Waals surface area contributed by atoms with Gasteiger partial charge in [-0.15, -0.1) is 0 Å². The first-order valence-electron chi connectivity index (χ1n) is 9.60. The molecule has 0 unspecified atom stereocenters. The van der Waals surface area contributed by atoms with Gasteiger partial charge in [-0.25, -0.2) is 0 Å². The van der Waals surface area contributed by atoms with Crippen LogP contribution in [0.15, 0.2) is 70.1 Å². The fraction of sp³-hybridized carbons (Fsp3) is 0.160. The maximum absolute atomic E-state index is 12.9. The molecule has 4 nitrogen and oxygen atoms in total. The van der Waals surface area contributed by atoms with Crippen LogP contribution in [0.5, 0.6) is 17.2 Å². The highest BCUT2D eigenvalue weighted by Crippen LogP contribution is 2.29. The van der Waals surface area contributed by atoms with E-state index in [9.17, 15) is 4.79 Å². The van der Waals surface area contributed by atoms with Crippen molar-refractivity contribution < 1.29 is 13.9 Å². The highest BCUT2D eigenvalue weighted by molar-refractivity contribution is 6.32. The minimum Gasteiger partial charge on any atom is -0.489 e. The Bertz CT molecular complexity index is 1270. The zero-order valence-electron chi connectivity index (χ0n) is 17.0. The van der Waals surface area contributed by atoms with Gasteiger partial charge in [0.25, 0.3) is 0 Å². The average molecular weight is 421 g/mol. The minimum atomic E-state index is -0.244. The van der Waals surface area contributed by atoms with Crippen molar-refractivity contribution in [2.45, 2.75) is 27.4 Å². The Morgan fingerprint density at radius 2 is 1.63 bits per heavy atom. The number of ether oxygens (including phenoxy) is 2. The molecule has 0 N–H and O–H groups in total. The number of fused-ring (bicyclic) bond motifs is 1. The molecular formula is C25H21ClO4. The predicted octanol–water partition coefficient (Wildman–Crippen LogP) is 6.74. The van der Waals surface area contributed by atoms with Crippen LogP contribution in [0.4, 0.5) is 0 Å². The average Bonchev–Trinajstić information content (AvgIpc) is 2.73. The van der Waals surface area contributed by atoms with Gasteiger partial charge in [-0.05, 0) is 67.3 Å². The largest absolute Gasteiger partial charge is 0.489 e. The molecule has 0 aliphatic heterocycles. The monoisotopic (exact) mass is 420 g/mol. The first-order valence-corrected chi connectivity index (χ1v) is 9.97. The molecule has 0 aliphatic rings. The van der Waals surface area contributed by atoms with Gasteiger partial charge in [-0.2, -0.15) is 0 Å². The summed E-state index contributed by atoms with van der Waals surface area (Å²) in [5.41, 5.74) is 4.24. The third-order valence-electron chi connectivity index (χ3n) is 5.01. The van der Waals surface area contributed by atoms with Crippen LogP contribution in [-0.2, 0) is 6.61 Å². The lowest BCUT2D eigenvalue weighted by atomic mass is 10.1. The third-order valence-corrected chi connectivity index (χ3v) is 5.60. The highest BCUT2D eigenvalue weighted by atomic mass is 35.5. The summed E-state index contributed by atoms with van der Waals surface area (Å²) >= 11 is 6.20. The van der Waals surface area contributed by atoms with Gasteiger partial charge in [0, 0.05) is 11.1 Å². The summed E-state index contributed by atoms with van der Waals surface area (Å²) in [6.45, 7) is 6.27. The fourth-order valence-corrected chi connectivity index (χ4v) is 3.39. The van der Waals surface area contributed by atoms with E-state index in [1.165, 1.54) is 11.8 Å². The molecule has 0 amide bonds. The van der Waals surface area contributed by atoms with Gasteiger partial charge in [0.2, 0.25) is 11.2 Å². The first kappa shape index (κ1) is 20.0. The molecule has 0 fully saturated rings. The van der Waals surface area contributed by atoms with Gasteiger partial charge < -0.3 is 13.9 Å². The summed E-state index contributed by atoms with van der Waals surface area (Å²) in [6, 6.07) is 16.8. The molecule has 152 valence electrons. The second-order valence-electron chi connectivity index (χ2n) is 7.28. The molecule has 0 spiro atoms. The number of aryl methyl sites for hydroxylation is 3. The zero-order valence-corrected chi connectivity index (χ0v) is 17.7. The fourth-order valence-electron chi connectivity index (χ4n) is 3.28. The van der Waals surface area contributed by atoms with Gasteiger partial charge in [0.05, 0.1) is 5.39 Å². The van der Waals surface area contributed by atoms with E-state index < -0.39 is 0 Å². The molecule has 5 heteroatoms. The van der Waals surface area contributed by atoms with Crippen LogP contribution in [0, 0.1) is 20.8 Å². The molecular weight excluding hydrogens is 400 g/mol. The van der Waals surface area contributed by atoms with Crippen molar-refractivity contribution in [3.8, 4) is 17.2 Å². The number of rotatable bonds is 5. The van der Waals surface area contributed by atoms with Gasteiger partial charge in [-0.1, -0.05) is 35.9 Å². The van der Waals surface area contributed by atoms with Crippen LogP contribution in [0.1, 0.15) is 22.3 Å². The smallest absolute Gasteiger partial charge is 0.235 e. The molecule has 1 heterocycles. The molecule has 0 bridgehead atoms. The summed E-state index contributed by atoms with van der Waals surface area (Å²) in [4.78, 5) is 12.9. The van der Waals surface area contributed by atoms with E-state index in [1.807, 2.05) is 45.0 Å². The van der Waals surface area contributed by atoms with E-state index >= 15 is 0 Å². The maximum atomic E-state index is 12.9. The topological polar surface area (TPSA) is 48.7 Å². The summed E-state index contributed by atoms with van der Waals surface area (Å²) in [5.74, 6) is 1.29. The van der Waals surface area contributed by atoms with Crippen LogP contribution in [0.2, 0.25) is 5.02 Å². The summed E-state index contributed by atoms with van der Waals surface area (Å²) in [5, 5.41) is 1.12. The molecule has 1 aromatic heterocycles. The number of benzene rings is 3. The maximum Gasteiger partial charge on any atom is 0.235 e. The van der Waals surface area contributed by atoms with Gasteiger partial charge in [0.1, 0.15) is 30.0 Å². The lowest BCUT2D eigenvalue weighted by molar-refractivity contribution is 0.305.